The molecule has 1 atom stereocenters. The molecule has 3 rings (SSSR count). The second-order valence-corrected chi connectivity index (χ2v) is 9.16. The highest BCUT2D eigenvalue weighted by molar-refractivity contribution is 7.89. The number of benzene rings is 2. The van der Waals surface area contributed by atoms with Crippen molar-refractivity contribution in [3.8, 4) is 11.5 Å². The van der Waals surface area contributed by atoms with Gasteiger partial charge in [0, 0.05) is 24.3 Å². The van der Waals surface area contributed by atoms with Crippen molar-refractivity contribution < 1.29 is 31.9 Å². The summed E-state index contributed by atoms with van der Waals surface area (Å²) in [5.41, 5.74) is 0.715. The molecule has 1 heterocycles. The quantitative estimate of drug-likeness (QED) is 0.641. The Kier molecular flexibility index (Phi) is 7.31. The summed E-state index contributed by atoms with van der Waals surface area (Å²) in [4.78, 5) is 26.4. The van der Waals surface area contributed by atoms with Gasteiger partial charge < -0.3 is 19.7 Å². The molecular weight excluding hydrogens is 441 g/mol. The second kappa shape index (κ2) is 9.96. The monoisotopic (exact) mass is 465 g/mol. The Balaban J connectivity index is 1.64. The number of methoxy groups -OCH3 is 1. The summed E-state index contributed by atoms with van der Waals surface area (Å²) in [6.45, 7) is 0.125. The van der Waals surface area contributed by atoms with Crippen molar-refractivity contribution in [2.75, 3.05) is 32.1 Å². The van der Waals surface area contributed by atoms with Gasteiger partial charge in [-0.15, -0.1) is 0 Å². The van der Waals surface area contributed by atoms with E-state index >= 15 is 0 Å². The molecule has 0 aromatic heterocycles. The van der Waals surface area contributed by atoms with E-state index in [0.717, 1.165) is 0 Å². The first-order valence-corrected chi connectivity index (χ1v) is 11.5. The average molecular weight is 466 g/mol. The first-order chi connectivity index (χ1) is 15.2. The molecule has 32 heavy (non-hydrogen) atoms. The second-order valence-electron chi connectivity index (χ2n) is 7.31. The van der Waals surface area contributed by atoms with Gasteiger partial charge in [-0.25, -0.2) is 17.9 Å². The lowest BCUT2D eigenvalue weighted by Gasteiger charge is -2.31. The Bertz CT molecular complexity index is 1090. The number of rotatable bonds is 7. The zero-order valence-electron chi connectivity index (χ0n) is 17.4. The smallest absolute Gasteiger partial charge is 0.262 e. The summed E-state index contributed by atoms with van der Waals surface area (Å²) in [5, 5.41) is 7.02. The van der Waals surface area contributed by atoms with Crippen LogP contribution in [0.5, 0.6) is 11.5 Å². The van der Waals surface area contributed by atoms with E-state index in [1.165, 1.54) is 54.5 Å². The summed E-state index contributed by atoms with van der Waals surface area (Å²) in [6, 6.07) is 9.78. The molecule has 9 nitrogen and oxygen atoms in total. The van der Waals surface area contributed by atoms with Gasteiger partial charge in [-0.1, -0.05) is 0 Å². The molecule has 3 N–H and O–H groups in total. The van der Waals surface area contributed by atoms with Crippen LogP contribution in [0.3, 0.4) is 0 Å². The molecule has 1 aliphatic rings. The molecule has 0 radical (unpaired) electrons. The molecule has 1 saturated heterocycles. The lowest BCUT2D eigenvalue weighted by Crippen LogP contribution is -2.47. The minimum absolute atomic E-state index is 0.0296. The number of nitrogens with zero attached hydrogens (tertiary/aromatic N) is 1. The van der Waals surface area contributed by atoms with Gasteiger partial charge in [0.1, 0.15) is 5.82 Å². The van der Waals surface area contributed by atoms with Crippen molar-refractivity contribution in [3.63, 3.8) is 0 Å². The van der Waals surface area contributed by atoms with E-state index < -0.39 is 27.0 Å². The summed E-state index contributed by atoms with van der Waals surface area (Å²) in [5.74, 6) is -0.730. The Morgan fingerprint density at radius 1 is 1.19 bits per heavy atom. The van der Waals surface area contributed by atoms with Crippen LogP contribution in [0.25, 0.3) is 0 Å². The van der Waals surface area contributed by atoms with Crippen LogP contribution in [0, 0.1) is 5.82 Å². The first-order valence-electron chi connectivity index (χ1n) is 9.84. The number of hydrogen-bond donors (Lipinski definition) is 2. The average Bonchev–Trinajstić information content (AvgIpc) is 2.78. The molecule has 172 valence electrons. The van der Waals surface area contributed by atoms with Crippen LogP contribution < -0.4 is 19.9 Å². The summed E-state index contributed by atoms with van der Waals surface area (Å²) < 4.78 is 47.0. The zero-order valence-corrected chi connectivity index (χ0v) is 18.2. The lowest BCUT2D eigenvalue weighted by molar-refractivity contribution is -0.118. The van der Waals surface area contributed by atoms with E-state index in [9.17, 15) is 22.4 Å². The summed E-state index contributed by atoms with van der Waals surface area (Å²) >= 11 is 0. The Morgan fingerprint density at radius 2 is 1.91 bits per heavy atom. The van der Waals surface area contributed by atoms with Crippen LogP contribution in [-0.4, -0.2) is 57.2 Å². The fraction of sp³-hybridized carbons (Fsp3) is 0.333. The number of ether oxygens (including phenoxy) is 2. The van der Waals surface area contributed by atoms with Crippen LogP contribution in [0.2, 0.25) is 0 Å². The molecule has 0 bridgehead atoms. The maximum absolute atomic E-state index is 12.9. The number of likely N-dealkylation sites (tertiary alicyclic amines) is 1. The number of sulfonamides is 1. The van der Waals surface area contributed by atoms with E-state index in [-0.39, 0.29) is 30.6 Å². The zero-order chi connectivity index (χ0) is 23.3. The van der Waals surface area contributed by atoms with Gasteiger partial charge >= 0.3 is 0 Å². The van der Waals surface area contributed by atoms with Crippen LogP contribution in [0.4, 0.5) is 10.1 Å². The van der Waals surface area contributed by atoms with E-state index in [2.05, 4.69) is 5.32 Å². The molecule has 2 aromatic rings. The molecule has 0 unspecified atom stereocenters. The molecule has 2 amide bonds. The highest BCUT2D eigenvalue weighted by atomic mass is 32.2. The van der Waals surface area contributed by atoms with Gasteiger partial charge in [-0.2, -0.15) is 0 Å². The van der Waals surface area contributed by atoms with Crippen molar-refractivity contribution in [1.82, 2.24) is 4.90 Å². The van der Waals surface area contributed by atoms with Gasteiger partial charge in [0.05, 0.1) is 12.4 Å². The molecule has 2 aromatic carbocycles. The molecule has 11 heteroatoms. The molecule has 0 aliphatic carbocycles. The number of anilines is 1. The number of piperidine rings is 1. The third kappa shape index (κ3) is 5.95. The van der Waals surface area contributed by atoms with Crippen LogP contribution in [-0.2, 0) is 14.8 Å². The van der Waals surface area contributed by atoms with Crippen molar-refractivity contribution in [2.45, 2.75) is 18.1 Å². The maximum atomic E-state index is 12.9. The van der Waals surface area contributed by atoms with Crippen molar-refractivity contribution in [3.05, 3.63) is 53.8 Å². The molecular formula is C21H24FN3O6S. The van der Waals surface area contributed by atoms with Gasteiger partial charge in [-0.3, -0.25) is 9.59 Å². The predicted molar refractivity (Wildman–Crippen MR) is 116 cm³/mol. The number of nitrogens with one attached hydrogen (secondary N) is 1. The Morgan fingerprint density at radius 3 is 2.56 bits per heavy atom. The molecule has 0 spiro atoms. The molecule has 0 saturated carbocycles. The van der Waals surface area contributed by atoms with Gasteiger partial charge in [0.25, 0.3) is 11.8 Å². The number of amides is 2. The summed E-state index contributed by atoms with van der Waals surface area (Å²) in [6.07, 6.45) is 0.951. The molecule has 1 aliphatic heterocycles. The molecule has 1 fully saturated rings. The fourth-order valence-electron chi connectivity index (χ4n) is 3.37. The van der Waals surface area contributed by atoms with Gasteiger partial charge in [-0.05, 0) is 55.3 Å². The third-order valence-electron chi connectivity index (χ3n) is 5.03. The highest BCUT2D eigenvalue weighted by Crippen LogP contribution is 2.29. The normalized spacial score (nSPS) is 16.3. The van der Waals surface area contributed by atoms with E-state index in [4.69, 9.17) is 14.6 Å². The number of halogens is 1. The largest absolute Gasteiger partial charge is 0.493 e. The van der Waals surface area contributed by atoms with Crippen LogP contribution >= 0.6 is 0 Å². The van der Waals surface area contributed by atoms with Crippen molar-refractivity contribution >= 4 is 27.5 Å². The summed E-state index contributed by atoms with van der Waals surface area (Å²) in [7, 11) is -2.33. The highest BCUT2D eigenvalue weighted by Gasteiger charge is 2.31. The Hall–Kier alpha value is -3.18. The predicted octanol–water partition coefficient (Wildman–Crippen LogP) is 1.74. The lowest BCUT2D eigenvalue weighted by atomic mass is 10.1. The van der Waals surface area contributed by atoms with Crippen molar-refractivity contribution in [1.29, 1.82) is 0 Å². The minimum Gasteiger partial charge on any atom is -0.493 e. The first kappa shape index (κ1) is 23.5. The standard InChI is InChI=1S/C21H24FN3O6S/c1-30-19-11-14(21(27)25-10-2-3-17(12-25)32(23,28)29)4-9-18(19)31-13-20(26)24-16-7-5-15(22)6-8-16/h4-9,11,17H,2-3,10,12-13H2,1H3,(H,24,26)(H2,23,28,29)/t17-/m0/s1. The Labute approximate surface area is 185 Å². The number of carbonyl (C=O) groups is 2. The van der Waals surface area contributed by atoms with Crippen LogP contribution in [0.1, 0.15) is 23.2 Å². The van der Waals surface area contributed by atoms with E-state index in [1.807, 2.05) is 0 Å². The number of nitrogens with two attached hydrogens (primary N) is 1. The third-order valence-corrected chi connectivity index (χ3v) is 6.34. The number of primary sulfonamides is 1. The maximum Gasteiger partial charge on any atom is 0.262 e. The van der Waals surface area contributed by atoms with Gasteiger partial charge in [0.2, 0.25) is 10.0 Å². The van der Waals surface area contributed by atoms with E-state index in [0.29, 0.717) is 30.6 Å². The fourth-order valence-corrected chi connectivity index (χ4v) is 4.25. The SMILES string of the molecule is COc1cc(C(=O)N2CCC[C@H](S(N)(=O)=O)C2)ccc1OCC(=O)Nc1ccc(F)cc1. The van der Waals surface area contributed by atoms with Crippen LogP contribution in [0.15, 0.2) is 42.5 Å². The number of hydrogen-bond acceptors (Lipinski definition) is 6. The minimum atomic E-state index is -3.73. The van der Waals surface area contributed by atoms with Gasteiger partial charge in [0.15, 0.2) is 18.1 Å². The van der Waals surface area contributed by atoms with E-state index in [1.54, 1.807) is 0 Å². The van der Waals surface area contributed by atoms with Crippen molar-refractivity contribution in [2.24, 2.45) is 5.14 Å². The number of carbonyl (C=O) groups excluding carboxylic acids is 2. The topological polar surface area (TPSA) is 128 Å².